The summed E-state index contributed by atoms with van der Waals surface area (Å²) in [6, 6.07) is 8.95. The van der Waals surface area contributed by atoms with E-state index < -0.39 is 5.25 Å². The molecule has 0 unspecified atom stereocenters. The number of H-pyrrole nitrogens is 1. The van der Waals surface area contributed by atoms with Gasteiger partial charge in [-0.15, -0.1) is 11.8 Å². The molecule has 11 heteroatoms. The SMILES string of the molecule is CC(C)(C)CCN1C(=O)[C@H](CC(=O)N2CCC(n3c(=O)[nH]c4ncccc43)CC2)S[C@@H]1c1cccc(F)c1C1CCNCC1.[HH].[HH]. The van der Waals surface area contributed by atoms with E-state index in [1.807, 2.05) is 28.0 Å². The molecule has 6 rings (SSSR count). The number of thioether (sulfide) groups is 1. The van der Waals surface area contributed by atoms with Gasteiger partial charge in [0.1, 0.15) is 11.2 Å². The fourth-order valence-electron chi connectivity index (χ4n) is 6.94. The zero-order valence-corrected chi connectivity index (χ0v) is 26.7. The molecule has 3 aliphatic rings. The zero-order valence-electron chi connectivity index (χ0n) is 25.9. The molecule has 3 fully saturated rings. The Morgan fingerprint density at radius 1 is 1.09 bits per heavy atom. The van der Waals surface area contributed by atoms with Gasteiger partial charge < -0.3 is 15.1 Å². The number of aromatic amines is 1. The van der Waals surface area contributed by atoms with Gasteiger partial charge in [-0.3, -0.25) is 19.1 Å². The number of carbonyl (C=O) groups excluding carboxylic acids is 2. The predicted octanol–water partition coefficient (Wildman–Crippen LogP) is 5.46. The number of pyridine rings is 1. The number of fused-ring (bicyclic) bond motifs is 1. The molecule has 0 bridgehead atoms. The molecule has 2 amide bonds. The highest BCUT2D eigenvalue weighted by atomic mass is 32.2. The lowest BCUT2D eigenvalue weighted by molar-refractivity contribution is -0.136. The van der Waals surface area contributed by atoms with Gasteiger partial charge in [0.05, 0.1) is 10.8 Å². The quantitative estimate of drug-likeness (QED) is 0.361. The van der Waals surface area contributed by atoms with Crippen molar-refractivity contribution in [3.8, 4) is 0 Å². The number of nitrogens with one attached hydrogen (secondary N) is 2. The van der Waals surface area contributed by atoms with Crippen molar-refractivity contribution in [2.75, 3.05) is 32.7 Å². The van der Waals surface area contributed by atoms with Gasteiger partial charge in [-0.2, -0.15) is 0 Å². The fourth-order valence-corrected chi connectivity index (χ4v) is 8.45. The maximum Gasteiger partial charge on any atom is 0.327 e. The highest BCUT2D eigenvalue weighted by Crippen LogP contribution is 2.48. The first kappa shape index (κ1) is 30.8. The van der Waals surface area contributed by atoms with Crippen LogP contribution >= 0.6 is 11.8 Å². The van der Waals surface area contributed by atoms with Gasteiger partial charge in [0.2, 0.25) is 11.8 Å². The third-order valence-corrected chi connectivity index (χ3v) is 10.8. The van der Waals surface area contributed by atoms with E-state index in [0.29, 0.717) is 38.1 Å². The van der Waals surface area contributed by atoms with Gasteiger partial charge in [0.25, 0.3) is 0 Å². The Bertz CT molecular complexity index is 1580. The molecule has 3 saturated heterocycles. The summed E-state index contributed by atoms with van der Waals surface area (Å²) in [5, 5.41) is 2.53. The number of piperidine rings is 2. The van der Waals surface area contributed by atoms with Gasteiger partial charge in [-0.1, -0.05) is 32.9 Å². The minimum Gasteiger partial charge on any atom is -0.342 e. The monoisotopic (exact) mass is 626 g/mol. The standard InChI is InChI=1S/C33H43FN6O3S.2H2/c1-33(2,3)13-19-39-30(42)26(44-31(39)23-6-4-7-24(34)28(23)21-9-15-35-16-10-21)20-27(41)38-17-11-22(12-18-38)40-25-8-5-14-36-29(25)37-32(40)43;;/h4-8,14,21-22,26,31,35H,9-13,15-20H2,1-3H3,(H,36,37,43);2*1H/t26-,31+;;/m0../s1. The summed E-state index contributed by atoms with van der Waals surface area (Å²) < 4.78 is 17.2. The number of halogens is 1. The number of nitrogens with zero attached hydrogens (tertiary/aromatic N) is 4. The van der Waals surface area contributed by atoms with Crippen LogP contribution in [0.1, 0.15) is 90.6 Å². The van der Waals surface area contributed by atoms with Crippen LogP contribution in [0.5, 0.6) is 0 Å². The van der Waals surface area contributed by atoms with Crippen LogP contribution in [0.15, 0.2) is 41.3 Å². The first-order chi connectivity index (χ1) is 21.1. The Balaban J connectivity index is 0.00000240. The van der Waals surface area contributed by atoms with Crippen LogP contribution in [-0.2, 0) is 9.59 Å². The van der Waals surface area contributed by atoms with Crippen LogP contribution in [0.3, 0.4) is 0 Å². The highest BCUT2D eigenvalue weighted by Gasteiger charge is 2.44. The molecule has 0 spiro atoms. The van der Waals surface area contributed by atoms with Crippen molar-refractivity contribution < 1.29 is 16.8 Å². The van der Waals surface area contributed by atoms with Crippen molar-refractivity contribution in [2.45, 2.75) is 81.9 Å². The van der Waals surface area contributed by atoms with Crippen molar-refractivity contribution in [2.24, 2.45) is 5.41 Å². The third kappa shape index (κ3) is 6.31. The number of amides is 2. The van der Waals surface area contributed by atoms with E-state index in [2.05, 4.69) is 36.1 Å². The number of hydrogen-bond donors (Lipinski definition) is 2. The van der Waals surface area contributed by atoms with Crippen LogP contribution in [0.25, 0.3) is 11.2 Å². The molecule has 0 radical (unpaired) electrons. The van der Waals surface area contributed by atoms with Crippen LogP contribution in [0, 0.1) is 11.2 Å². The largest absolute Gasteiger partial charge is 0.342 e. The van der Waals surface area contributed by atoms with Gasteiger partial charge in [-0.05, 0) is 85.9 Å². The Kier molecular flexibility index (Phi) is 8.88. The lowest BCUT2D eigenvalue weighted by atomic mass is 9.86. The Hall–Kier alpha value is -3.18. The van der Waals surface area contributed by atoms with E-state index in [9.17, 15) is 14.4 Å². The predicted molar refractivity (Wildman–Crippen MR) is 175 cm³/mol. The first-order valence-corrected chi connectivity index (χ1v) is 16.8. The van der Waals surface area contributed by atoms with Crippen LogP contribution in [-0.4, -0.2) is 74.1 Å². The summed E-state index contributed by atoms with van der Waals surface area (Å²) in [5.74, 6) is -0.178. The summed E-state index contributed by atoms with van der Waals surface area (Å²) in [5.41, 5.74) is 2.79. The van der Waals surface area contributed by atoms with E-state index in [0.717, 1.165) is 49.0 Å². The fraction of sp³-hybridized carbons (Fsp3) is 0.576. The molecule has 5 heterocycles. The minimum absolute atomic E-state index is 0. The van der Waals surface area contributed by atoms with Crippen molar-refractivity contribution >= 4 is 34.7 Å². The van der Waals surface area contributed by atoms with E-state index in [-0.39, 0.29) is 55.3 Å². The van der Waals surface area contributed by atoms with E-state index >= 15 is 4.39 Å². The Morgan fingerprint density at radius 2 is 1.84 bits per heavy atom. The van der Waals surface area contributed by atoms with Crippen molar-refractivity contribution in [3.63, 3.8) is 0 Å². The normalized spacial score (nSPS) is 22.3. The second-order valence-corrected chi connectivity index (χ2v) is 14.9. The lowest BCUT2D eigenvalue weighted by Crippen LogP contribution is -2.42. The summed E-state index contributed by atoms with van der Waals surface area (Å²) in [4.78, 5) is 51.0. The van der Waals surface area contributed by atoms with Crippen LogP contribution in [0.2, 0.25) is 0 Å². The van der Waals surface area contributed by atoms with E-state index in [1.165, 1.54) is 17.8 Å². The van der Waals surface area contributed by atoms with E-state index in [1.54, 1.807) is 16.8 Å². The molecule has 44 heavy (non-hydrogen) atoms. The topological polar surface area (TPSA) is 103 Å². The minimum atomic E-state index is -0.517. The molecule has 2 atom stereocenters. The number of hydrogen-bond acceptors (Lipinski definition) is 6. The maximum absolute atomic E-state index is 15.5. The maximum atomic E-state index is 15.5. The average Bonchev–Trinajstić information content (AvgIpc) is 3.51. The van der Waals surface area contributed by atoms with Crippen LogP contribution in [0.4, 0.5) is 4.39 Å². The van der Waals surface area contributed by atoms with Crippen molar-refractivity contribution in [1.82, 2.24) is 29.7 Å². The Labute approximate surface area is 264 Å². The van der Waals surface area contributed by atoms with Gasteiger partial charge in [0.15, 0.2) is 5.65 Å². The number of likely N-dealkylation sites (tertiary alicyclic amines) is 1. The van der Waals surface area contributed by atoms with Crippen molar-refractivity contribution in [3.05, 3.63) is 64.0 Å². The molecule has 2 N–H and O–H groups in total. The zero-order chi connectivity index (χ0) is 31.0. The highest BCUT2D eigenvalue weighted by molar-refractivity contribution is 8.01. The van der Waals surface area contributed by atoms with Gasteiger partial charge in [-0.25, -0.2) is 14.2 Å². The molecule has 2 aromatic heterocycles. The number of carbonyl (C=O) groups is 2. The number of imidazole rings is 1. The van der Waals surface area contributed by atoms with Crippen LogP contribution < -0.4 is 11.0 Å². The first-order valence-electron chi connectivity index (χ1n) is 15.9. The molecule has 240 valence electrons. The molecule has 9 nitrogen and oxygen atoms in total. The second kappa shape index (κ2) is 12.7. The molecule has 1 aromatic carbocycles. The van der Waals surface area contributed by atoms with Gasteiger partial charge in [0, 0.05) is 41.1 Å². The summed E-state index contributed by atoms with van der Waals surface area (Å²) in [6.45, 7) is 9.78. The molecular formula is C33H47FN6O3S. The molecular weight excluding hydrogens is 579 g/mol. The molecule has 0 saturated carbocycles. The number of aromatic nitrogens is 3. The average molecular weight is 627 g/mol. The summed E-state index contributed by atoms with van der Waals surface area (Å²) >= 11 is 1.50. The molecule has 0 aliphatic carbocycles. The third-order valence-electron chi connectivity index (χ3n) is 9.37. The smallest absolute Gasteiger partial charge is 0.327 e. The summed E-state index contributed by atoms with van der Waals surface area (Å²) in [6.07, 6.45) is 5.62. The Morgan fingerprint density at radius 3 is 2.57 bits per heavy atom. The number of benzene rings is 1. The number of rotatable bonds is 7. The lowest BCUT2D eigenvalue weighted by Gasteiger charge is -2.33. The molecule has 3 aliphatic heterocycles. The molecule has 3 aromatic rings. The summed E-state index contributed by atoms with van der Waals surface area (Å²) in [7, 11) is 0. The van der Waals surface area contributed by atoms with Crippen molar-refractivity contribution in [1.29, 1.82) is 0 Å². The van der Waals surface area contributed by atoms with E-state index in [4.69, 9.17) is 0 Å². The second-order valence-electron chi connectivity index (χ2n) is 13.6. The van der Waals surface area contributed by atoms with Gasteiger partial charge >= 0.3 is 5.69 Å².